The van der Waals surface area contributed by atoms with Crippen molar-refractivity contribution in [3.05, 3.63) is 94.5 Å². The number of primary amides is 1. The van der Waals surface area contributed by atoms with E-state index in [0.717, 1.165) is 5.56 Å². The van der Waals surface area contributed by atoms with E-state index in [-0.39, 0.29) is 40.0 Å². The zero-order valence-electron chi connectivity index (χ0n) is 21.7. The minimum Gasteiger partial charge on any atom is -0.508 e. The lowest BCUT2D eigenvalue weighted by molar-refractivity contribution is -0.122. The second kappa shape index (κ2) is 12.2. The summed E-state index contributed by atoms with van der Waals surface area (Å²) in [5.74, 6) is -1.55. The third-order valence-electron chi connectivity index (χ3n) is 6.04. The second-order valence-electron chi connectivity index (χ2n) is 8.55. The molecule has 0 aliphatic carbocycles. The summed E-state index contributed by atoms with van der Waals surface area (Å²) in [4.78, 5) is 41.1. The number of phenolic OH excluding ortho intramolecular Hbond substituents is 1. The van der Waals surface area contributed by atoms with Gasteiger partial charge in [-0.1, -0.05) is 42.5 Å². The molecule has 3 aromatic carbocycles. The van der Waals surface area contributed by atoms with Crippen LogP contribution in [-0.4, -0.2) is 41.4 Å². The van der Waals surface area contributed by atoms with Crippen molar-refractivity contribution >= 4 is 40.6 Å². The fraction of sp³-hybridized carbons (Fsp3) is 0.143. The number of nitrogens with one attached hydrogen (secondary N) is 1. The lowest BCUT2D eigenvalue weighted by Gasteiger charge is -2.32. The van der Waals surface area contributed by atoms with Crippen LogP contribution in [0.5, 0.6) is 17.2 Å². The predicted molar refractivity (Wildman–Crippen MR) is 151 cm³/mol. The lowest BCUT2D eigenvalue weighted by atomic mass is 10.0. The molecule has 206 valence electrons. The zero-order valence-corrected chi connectivity index (χ0v) is 22.5. The maximum atomic E-state index is 14.3. The molecule has 1 aromatic heterocycles. The third kappa shape index (κ3) is 5.81. The van der Waals surface area contributed by atoms with E-state index in [0.29, 0.717) is 22.8 Å². The van der Waals surface area contributed by atoms with E-state index >= 15 is 0 Å². The molecule has 11 nitrogen and oxygen atoms in total. The molecule has 0 fully saturated rings. The number of amides is 3. The number of aromatic nitrogens is 1. The number of nitrogens with two attached hydrogens (primary N) is 2. The van der Waals surface area contributed by atoms with E-state index in [1.165, 1.54) is 43.4 Å². The number of aromatic hydroxyl groups is 1. The highest BCUT2D eigenvalue weighted by molar-refractivity contribution is 7.09. The molecular formula is C28H27N5O6S. The fourth-order valence-electron chi connectivity index (χ4n) is 4.05. The Bertz CT molecular complexity index is 1520. The molecule has 0 saturated heterocycles. The molecule has 40 heavy (non-hydrogen) atoms. The average molecular weight is 562 g/mol. The SMILES string of the molecule is COc1ccc(OC)c(N(C(=O)c2snc(C(N)=O)c2N)[C@H](C(=O)NCc2ccccc2)c2ccc(O)cc2)c1. The number of benzene rings is 3. The van der Waals surface area contributed by atoms with E-state index in [1.54, 1.807) is 18.2 Å². The molecule has 0 spiro atoms. The first-order valence-corrected chi connectivity index (χ1v) is 12.7. The van der Waals surface area contributed by atoms with Crippen LogP contribution in [0.1, 0.15) is 37.3 Å². The highest BCUT2D eigenvalue weighted by Crippen LogP contribution is 2.40. The first kappa shape index (κ1) is 27.9. The molecule has 3 amide bonds. The van der Waals surface area contributed by atoms with E-state index in [9.17, 15) is 19.5 Å². The number of nitrogens with zero attached hydrogens (tertiary/aromatic N) is 2. The van der Waals surface area contributed by atoms with Gasteiger partial charge in [-0.2, -0.15) is 4.37 Å². The van der Waals surface area contributed by atoms with Crippen LogP contribution in [0, 0.1) is 0 Å². The van der Waals surface area contributed by atoms with E-state index < -0.39 is 23.8 Å². The number of phenols is 1. The summed E-state index contributed by atoms with van der Waals surface area (Å²) >= 11 is 0.685. The Morgan fingerprint density at radius 1 is 1.02 bits per heavy atom. The molecule has 1 atom stereocenters. The van der Waals surface area contributed by atoms with E-state index in [1.807, 2.05) is 30.3 Å². The number of carbonyl (C=O) groups excluding carboxylic acids is 3. The standard InChI is InChI=1S/C28H27N5O6S/c1-38-19-12-13-21(39-2)20(14-19)33(28(37)25-22(29)23(26(30)35)32-40-25)24(17-8-10-18(34)11-9-17)27(36)31-15-16-6-4-3-5-7-16/h3-14,24,34H,15,29H2,1-2H3,(H2,30,35)(H,31,36)/t24-/m0/s1. The van der Waals surface area contributed by atoms with Gasteiger partial charge in [-0.25, -0.2) is 0 Å². The number of hydrogen-bond acceptors (Lipinski definition) is 9. The number of anilines is 2. The number of ether oxygens (including phenoxy) is 2. The van der Waals surface area contributed by atoms with E-state index in [4.69, 9.17) is 20.9 Å². The Morgan fingerprint density at radius 3 is 2.33 bits per heavy atom. The Hall–Kier alpha value is -5.10. The summed E-state index contributed by atoms with van der Waals surface area (Å²) in [6.45, 7) is 0.181. The zero-order chi connectivity index (χ0) is 28.8. The minimum atomic E-state index is -1.28. The molecule has 4 aromatic rings. The van der Waals surface area contributed by atoms with Crippen molar-refractivity contribution in [1.29, 1.82) is 0 Å². The minimum absolute atomic E-state index is 0.0261. The summed E-state index contributed by atoms with van der Waals surface area (Å²) in [6.07, 6.45) is 0. The number of rotatable bonds is 10. The van der Waals surface area contributed by atoms with E-state index in [2.05, 4.69) is 9.69 Å². The number of carbonyl (C=O) groups is 3. The highest BCUT2D eigenvalue weighted by atomic mass is 32.1. The lowest BCUT2D eigenvalue weighted by Crippen LogP contribution is -2.44. The van der Waals surface area contributed by atoms with Gasteiger partial charge in [0.25, 0.3) is 11.8 Å². The van der Waals surface area contributed by atoms with Crippen molar-refractivity contribution in [2.75, 3.05) is 24.9 Å². The molecule has 1 heterocycles. The topological polar surface area (TPSA) is 170 Å². The van der Waals surface area contributed by atoms with Gasteiger partial charge in [-0.05, 0) is 46.9 Å². The van der Waals surface area contributed by atoms with Crippen LogP contribution in [0.2, 0.25) is 0 Å². The molecule has 4 rings (SSSR count). The second-order valence-corrected chi connectivity index (χ2v) is 9.32. The first-order chi connectivity index (χ1) is 19.2. The van der Waals surface area contributed by atoms with Gasteiger partial charge in [0.1, 0.15) is 28.2 Å². The maximum Gasteiger partial charge on any atom is 0.273 e. The maximum absolute atomic E-state index is 14.3. The average Bonchev–Trinajstić information content (AvgIpc) is 3.36. The number of methoxy groups -OCH3 is 2. The van der Waals surface area contributed by atoms with Gasteiger partial charge in [0.15, 0.2) is 5.69 Å². The monoisotopic (exact) mass is 561 g/mol. The molecule has 0 unspecified atom stereocenters. The van der Waals surface area contributed by atoms with Crippen LogP contribution in [0.3, 0.4) is 0 Å². The van der Waals surface area contributed by atoms with Gasteiger partial charge in [0.2, 0.25) is 5.91 Å². The Balaban J connectivity index is 1.91. The Morgan fingerprint density at radius 2 is 1.73 bits per heavy atom. The smallest absolute Gasteiger partial charge is 0.273 e. The summed E-state index contributed by atoms with van der Waals surface area (Å²) in [5, 5.41) is 12.8. The van der Waals surface area contributed by atoms with Crippen LogP contribution in [0.25, 0.3) is 0 Å². The van der Waals surface area contributed by atoms with Crippen molar-refractivity contribution in [1.82, 2.24) is 9.69 Å². The Labute approximate surface area is 234 Å². The van der Waals surface area contributed by atoms with Crippen molar-refractivity contribution in [3.8, 4) is 17.2 Å². The van der Waals surface area contributed by atoms with Crippen molar-refractivity contribution < 1.29 is 29.0 Å². The molecule has 6 N–H and O–H groups in total. The van der Waals surface area contributed by atoms with Crippen molar-refractivity contribution in [3.63, 3.8) is 0 Å². The normalized spacial score (nSPS) is 11.3. The third-order valence-corrected chi connectivity index (χ3v) is 6.90. The van der Waals surface area contributed by atoms with Gasteiger partial charge in [-0.3, -0.25) is 19.3 Å². The van der Waals surface area contributed by atoms with Crippen molar-refractivity contribution in [2.24, 2.45) is 5.73 Å². The molecule has 0 aliphatic heterocycles. The quantitative estimate of drug-likeness (QED) is 0.229. The Kier molecular flexibility index (Phi) is 8.50. The predicted octanol–water partition coefficient (Wildman–Crippen LogP) is 3.25. The van der Waals surface area contributed by atoms with Crippen LogP contribution < -0.4 is 31.2 Å². The summed E-state index contributed by atoms with van der Waals surface area (Å²) < 4.78 is 14.9. The van der Waals surface area contributed by atoms with Gasteiger partial charge in [-0.15, -0.1) is 0 Å². The fourth-order valence-corrected chi connectivity index (χ4v) is 4.79. The van der Waals surface area contributed by atoms with Gasteiger partial charge in [0.05, 0.1) is 25.6 Å². The van der Waals surface area contributed by atoms with Gasteiger partial charge in [0, 0.05) is 12.6 Å². The molecule has 12 heteroatoms. The molecular weight excluding hydrogens is 534 g/mol. The molecule has 0 bridgehead atoms. The molecule has 0 aliphatic rings. The molecule has 0 saturated carbocycles. The molecule has 0 radical (unpaired) electrons. The van der Waals surface area contributed by atoms with Crippen LogP contribution in [0.4, 0.5) is 11.4 Å². The summed E-state index contributed by atoms with van der Waals surface area (Å²) in [5.41, 5.74) is 12.5. The van der Waals surface area contributed by atoms with Crippen LogP contribution >= 0.6 is 11.5 Å². The number of nitrogen functional groups attached to an aromatic ring is 1. The highest BCUT2D eigenvalue weighted by Gasteiger charge is 2.37. The first-order valence-electron chi connectivity index (χ1n) is 12.0. The number of hydrogen-bond donors (Lipinski definition) is 4. The van der Waals surface area contributed by atoms with Crippen LogP contribution in [0.15, 0.2) is 72.8 Å². The van der Waals surface area contributed by atoms with Gasteiger partial charge >= 0.3 is 0 Å². The van der Waals surface area contributed by atoms with Crippen LogP contribution in [-0.2, 0) is 11.3 Å². The summed E-state index contributed by atoms with van der Waals surface area (Å²) in [6, 6.07) is 18.6. The largest absolute Gasteiger partial charge is 0.508 e. The van der Waals surface area contributed by atoms with Crippen molar-refractivity contribution in [2.45, 2.75) is 12.6 Å². The van der Waals surface area contributed by atoms with Gasteiger partial charge < -0.3 is 31.4 Å². The summed E-state index contributed by atoms with van der Waals surface area (Å²) in [7, 11) is 2.88.